The third-order valence-corrected chi connectivity index (χ3v) is 4.62. The molecule has 1 aliphatic heterocycles. The first-order chi connectivity index (χ1) is 11.7. The molecule has 2 rings (SSSR count). The van der Waals surface area contributed by atoms with E-state index in [1.807, 2.05) is 50.8 Å². The normalized spacial score (nSPS) is 17.4. The van der Waals surface area contributed by atoms with Crippen LogP contribution in [-0.2, 0) is 17.9 Å². The summed E-state index contributed by atoms with van der Waals surface area (Å²) in [6.07, 6.45) is 1.44. The molecule has 25 heavy (non-hydrogen) atoms. The van der Waals surface area contributed by atoms with E-state index in [0.29, 0.717) is 32.2 Å². The van der Waals surface area contributed by atoms with Crippen LogP contribution in [0.3, 0.4) is 0 Å². The maximum absolute atomic E-state index is 12.3. The van der Waals surface area contributed by atoms with E-state index in [4.69, 9.17) is 4.74 Å². The molecule has 1 fully saturated rings. The van der Waals surface area contributed by atoms with Crippen LogP contribution in [-0.4, -0.2) is 40.8 Å². The van der Waals surface area contributed by atoms with Crippen molar-refractivity contribution in [1.82, 2.24) is 10.2 Å². The molecular formula is C20H32N2O3. The Hall–Kier alpha value is -1.59. The van der Waals surface area contributed by atoms with Gasteiger partial charge in [-0.25, -0.2) is 4.79 Å². The molecule has 0 aromatic heterocycles. The Morgan fingerprint density at radius 2 is 1.96 bits per heavy atom. The topological polar surface area (TPSA) is 61.8 Å². The van der Waals surface area contributed by atoms with E-state index in [9.17, 15) is 9.90 Å². The van der Waals surface area contributed by atoms with Gasteiger partial charge in [-0.1, -0.05) is 24.3 Å². The summed E-state index contributed by atoms with van der Waals surface area (Å²) in [5.74, 6) is 0.309. The van der Waals surface area contributed by atoms with Gasteiger partial charge in [-0.2, -0.15) is 0 Å². The van der Waals surface area contributed by atoms with Crippen LogP contribution in [0.2, 0.25) is 0 Å². The zero-order chi connectivity index (χ0) is 18.4. The standard InChI is InChI=1S/C20H32N2O3/c1-15(23)18-8-10-22(11-9-18)19(24)21-13-16-6-5-7-17(12-16)14-25-20(2,3)4/h5-7,12,15,18,23H,8-11,13-14H2,1-4H3,(H,21,24). The third-order valence-electron chi connectivity index (χ3n) is 4.62. The predicted octanol–water partition coefficient (Wildman–Crippen LogP) is 3.30. The van der Waals surface area contributed by atoms with E-state index < -0.39 is 0 Å². The summed E-state index contributed by atoms with van der Waals surface area (Å²) in [6.45, 7) is 10.4. The first-order valence-electron chi connectivity index (χ1n) is 9.17. The Balaban J connectivity index is 1.80. The lowest BCUT2D eigenvalue weighted by molar-refractivity contribution is -0.0149. The predicted molar refractivity (Wildman–Crippen MR) is 99.2 cm³/mol. The number of urea groups is 1. The van der Waals surface area contributed by atoms with Crippen molar-refractivity contribution in [2.75, 3.05) is 13.1 Å². The number of ether oxygens (including phenoxy) is 1. The van der Waals surface area contributed by atoms with Gasteiger partial charge in [-0.15, -0.1) is 0 Å². The average molecular weight is 348 g/mol. The molecule has 0 bridgehead atoms. The lowest BCUT2D eigenvalue weighted by Crippen LogP contribution is -2.45. The summed E-state index contributed by atoms with van der Waals surface area (Å²) in [4.78, 5) is 14.2. The van der Waals surface area contributed by atoms with Crippen LogP contribution in [0.1, 0.15) is 51.7 Å². The quantitative estimate of drug-likeness (QED) is 0.858. The summed E-state index contributed by atoms with van der Waals surface area (Å²) in [7, 11) is 0. The van der Waals surface area contributed by atoms with Gasteiger partial charge in [0, 0.05) is 19.6 Å². The number of aliphatic hydroxyl groups is 1. The van der Waals surface area contributed by atoms with E-state index in [1.165, 1.54) is 0 Å². The van der Waals surface area contributed by atoms with E-state index in [-0.39, 0.29) is 17.7 Å². The van der Waals surface area contributed by atoms with Crippen LogP contribution in [0.15, 0.2) is 24.3 Å². The minimum absolute atomic E-state index is 0.0274. The second-order valence-electron chi connectivity index (χ2n) is 7.94. The molecule has 0 saturated carbocycles. The fraction of sp³-hybridized carbons (Fsp3) is 0.650. The number of benzene rings is 1. The van der Waals surface area contributed by atoms with E-state index in [1.54, 1.807) is 0 Å². The Kier molecular flexibility index (Phi) is 6.85. The van der Waals surface area contributed by atoms with E-state index in [2.05, 4.69) is 11.4 Å². The summed E-state index contributed by atoms with van der Waals surface area (Å²) < 4.78 is 5.80. The molecule has 1 heterocycles. The summed E-state index contributed by atoms with van der Waals surface area (Å²) in [6, 6.07) is 8.10. The zero-order valence-corrected chi connectivity index (χ0v) is 15.9. The highest BCUT2D eigenvalue weighted by molar-refractivity contribution is 5.74. The largest absolute Gasteiger partial charge is 0.393 e. The average Bonchev–Trinajstić information content (AvgIpc) is 2.58. The lowest BCUT2D eigenvalue weighted by Gasteiger charge is -2.33. The molecule has 140 valence electrons. The molecule has 1 aliphatic rings. The van der Waals surface area contributed by atoms with Gasteiger partial charge >= 0.3 is 6.03 Å². The second kappa shape index (κ2) is 8.68. The Morgan fingerprint density at radius 3 is 2.56 bits per heavy atom. The smallest absolute Gasteiger partial charge is 0.317 e. The van der Waals surface area contributed by atoms with Crippen LogP contribution in [0.25, 0.3) is 0 Å². The molecule has 5 nitrogen and oxygen atoms in total. The molecule has 2 amide bonds. The molecule has 1 atom stereocenters. The monoisotopic (exact) mass is 348 g/mol. The van der Waals surface area contributed by atoms with Gasteiger partial charge in [-0.05, 0) is 57.6 Å². The van der Waals surface area contributed by atoms with Crippen LogP contribution in [0, 0.1) is 5.92 Å². The van der Waals surface area contributed by atoms with Gasteiger partial charge in [0.05, 0.1) is 18.3 Å². The van der Waals surface area contributed by atoms with Crippen LogP contribution >= 0.6 is 0 Å². The minimum atomic E-state index is -0.289. The molecule has 1 aromatic carbocycles. The number of hydrogen-bond acceptors (Lipinski definition) is 3. The highest BCUT2D eigenvalue weighted by Gasteiger charge is 2.25. The molecule has 1 unspecified atom stereocenters. The van der Waals surface area contributed by atoms with Gasteiger partial charge in [0.15, 0.2) is 0 Å². The number of likely N-dealkylation sites (tertiary alicyclic amines) is 1. The molecule has 0 radical (unpaired) electrons. The van der Waals surface area contributed by atoms with Crippen molar-refractivity contribution in [3.63, 3.8) is 0 Å². The van der Waals surface area contributed by atoms with Crippen molar-refractivity contribution >= 4 is 6.03 Å². The van der Waals surface area contributed by atoms with Crippen molar-refractivity contribution in [3.05, 3.63) is 35.4 Å². The summed E-state index contributed by atoms with van der Waals surface area (Å²) >= 11 is 0. The van der Waals surface area contributed by atoms with Gasteiger partial charge in [0.2, 0.25) is 0 Å². The number of rotatable bonds is 5. The van der Waals surface area contributed by atoms with Gasteiger partial charge < -0.3 is 20.1 Å². The summed E-state index contributed by atoms with van der Waals surface area (Å²) in [5.41, 5.74) is 2.02. The Labute approximate surface area is 151 Å². The zero-order valence-electron chi connectivity index (χ0n) is 15.9. The van der Waals surface area contributed by atoms with Crippen molar-refractivity contribution in [1.29, 1.82) is 0 Å². The van der Waals surface area contributed by atoms with Gasteiger partial charge in [-0.3, -0.25) is 0 Å². The van der Waals surface area contributed by atoms with Crippen molar-refractivity contribution in [2.45, 2.75) is 65.4 Å². The number of aliphatic hydroxyl groups excluding tert-OH is 1. The van der Waals surface area contributed by atoms with Gasteiger partial charge in [0.1, 0.15) is 0 Å². The SMILES string of the molecule is CC(O)C1CCN(C(=O)NCc2cccc(COC(C)(C)C)c2)CC1. The molecule has 0 spiro atoms. The van der Waals surface area contributed by atoms with E-state index in [0.717, 1.165) is 24.0 Å². The van der Waals surface area contributed by atoms with Crippen molar-refractivity contribution in [2.24, 2.45) is 5.92 Å². The molecule has 1 saturated heterocycles. The van der Waals surface area contributed by atoms with Crippen LogP contribution in [0.4, 0.5) is 4.79 Å². The number of piperidine rings is 1. The van der Waals surface area contributed by atoms with E-state index >= 15 is 0 Å². The maximum atomic E-state index is 12.3. The molecule has 5 heteroatoms. The first kappa shape index (κ1) is 19.7. The molecular weight excluding hydrogens is 316 g/mol. The Bertz CT molecular complexity index is 558. The Morgan fingerprint density at radius 1 is 1.32 bits per heavy atom. The molecule has 0 aliphatic carbocycles. The fourth-order valence-electron chi connectivity index (χ4n) is 3.00. The van der Waals surface area contributed by atoms with Crippen LogP contribution in [0.5, 0.6) is 0 Å². The lowest BCUT2D eigenvalue weighted by atomic mass is 9.92. The number of carbonyl (C=O) groups excluding carboxylic acids is 1. The number of nitrogens with one attached hydrogen (secondary N) is 1. The highest BCUT2D eigenvalue weighted by atomic mass is 16.5. The molecule has 2 N–H and O–H groups in total. The number of nitrogens with zero attached hydrogens (tertiary/aromatic N) is 1. The molecule has 1 aromatic rings. The third kappa shape index (κ3) is 6.67. The fourth-order valence-corrected chi connectivity index (χ4v) is 3.00. The van der Waals surface area contributed by atoms with Gasteiger partial charge in [0.25, 0.3) is 0 Å². The summed E-state index contributed by atoms with van der Waals surface area (Å²) in [5, 5.41) is 12.6. The number of hydrogen-bond donors (Lipinski definition) is 2. The van der Waals surface area contributed by atoms with Crippen molar-refractivity contribution < 1.29 is 14.6 Å². The van der Waals surface area contributed by atoms with Crippen LogP contribution < -0.4 is 5.32 Å². The van der Waals surface area contributed by atoms with Crippen molar-refractivity contribution in [3.8, 4) is 0 Å². The highest BCUT2D eigenvalue weighted by Crippen LogP contribution is 2.20. The second-order valence-corrected chi connectivity index (χ2v) is 7.94. The first-order valence-corrected chi connectivity index (χ1v) is 9.17. The number of amides is 2. The maximum Gasteiger partial charge on any atom is 0.317 e. The minimum Gasteiger partial charge on any atom is -0.393 e. The number of carbonyl (C=O) groups is 1.